The third-order valence-electron chi connectivity index (χ3n) is 10.4. The second-order valence-electron chi connectivity index (χ2n) is 14.4. The summed E-state index contributed by atoms with van der Waals surface area (Å²) in [6.07, 6.45) is -10.2. The van der Waals surface area contributed by atoms with Crippen LogP contribution in [0, 0.1) is 17.2 Å². The summed E-state index contributed by atoms with van der Waals surface area (Å²) in [5, 5.41) is 8.47. The molecule has 322 valence electrons. The molecule has 6 rings (SSSR count). The molecule has 16 heteroatoms. The van der Waals surface area contributed by atoms with E-state index in [4.69, 9.17) is 78.1 Å². The smallest absolute Gasteiger partial charge is 0.338 e. The molecular formula is C45H44Cl3NO12. The molecule has 2 fully saturated rings. The van der Waals surface area contributed by atoms with E-state index < -0.39 is 83.3 Å². The molecule has 61 heavy (non-hydrogen) atoms. The van der Waals surface area contributed by atoms with E-state index in [1.807, 2.05) is 20.8 Å². The van der Waals surface area contributed by atoms with Crippen LogP contribution in [0.3, 0.4) is 0 Å². The van der Waals surface area contributed by atoms with Crippen molar-refractivity contribution in [3.63, 3.8) is 0 Å². The predicted molar refractivity (Wildman–Crippen MR) is 224 cm³/mol. The lowest BCUT2D eigenvalue weighted by molar-refractivity contribution is -0.309. The number of carbonyl (C=O) groups excluding carboxylic acids is 4. The van der Waals surface area contributed by atoms with Gasteiger partial charge in [-0.15, -0.1) is 0 Å². The van der Waals surface area contributed by atoms with Gasteiger partial charge in [0.2, 0.25) is 18.3 Å². The zero-order valence-corrected chi connectivity index (χ0v) is 35.5. The molecule has 0 saturated carbocycles. The van der Waals surface area contributed by atoms with Crippen molar-refractivity contribution in [1.82, 2.24) is 0 Å². The lowest BCUT2D eigenvalue weighted by atomic mass is 9.82. The minimum Gasteiger partial charge on any atom is -0.453 e. The Balaban J connectivity index is 1.41. The Kier molecular flexibility index (Phi) is 15.4. The monoisotopic (exact) mass is 895 g/mol. The zero-order valence-electron chi connectivity index (χ0n) is 33.3. The maximum Gasteiger partial charge on any atom is 0.338 e. The summed E-state index contributed by atoms with van der Waals surface area (Å²) < 4.78 is 46.8. The molecule has 0 aliphatic carbocycles. The second-order valence-corrected chi connectivity index (χ2v) is 16.7. The van der Waals surface area contributed by atoms with Crippen LogP contribution in [0.5, 0.6) is 0 Å². The number of hydrogen-bond donors (Lipinski definition) is 1. The highest BCUT2D eigenvalue weighted by Gasteiger charge is 2.55. The summed E-state index contributed by atoms with van der Waals surface area (Å²) >= 11 is 18.2. The SMILES string of the molecule is CC[C@H]1O[C@@H](OC[C@H]2O[C@@H](OC(=N)C(Cl)(Cl)Cl)[C@H](OC(=O)c3ccccc3)[C@@H](OC(=O)c3ccccc3)[C@@H]2OC(=O)c2ccccc2)[C@H](OC(=O)c2ccccc2)[C@@H](C)[C@@H]1C. The van der Waals surface area contributed by atoms with Gasteiger partial charge in [0.15, 0.2) is 24.6 Å². The van der Waals surface area contributed by atoms with Gasteiger partial charge >= 0.3 is 23.9 Å². The molecule has 0 spiro atoms. The van der Waals surface area contributed by atoms with E-state index in [2.05, 4.69) is 0 Å². The van der Waals surface area contributed by atoms with Crippen LogP contribution in [0.15, 0.2) is 121 Å². The van der Waals surface area contributed by atoms with Crippen LogP contribution < -0.4 is 0 Å². The maximum atomic E-state index is 13.9. The van der Waals surface area contributed by atoms with Crippen molar-refractivity contribution in [2.75, 3.05) is 6.61 Å². The fourth-order valence-corrected chi connectivity index (χ4v) is 7.10. The number of nitrogens with one attached hydrogen (secondary N) is 1. The van der Waals surface area contributed by atoms with E-state index in [0.29, 0.717) is 12.0 Å². The molecule has 0 aromatic heterocycles. The predicted octanol–water partition coefficient (Wildman–Crippen LogP) is 8.40. The molecule has 2 saturated heterocycles. The van der Waals surface area contributed by atoms with Gasteiger partial charge in [0.05, 0.1) is 35.0 Å². The summed E-state index contributed by atoms with van der Waals surface area (Å²) in [7, 11) is 0. The van der Waals surface area contributed by atoms with Crippen LogP contribution in [-0.2, 0) is 37.9 Å². The number of alkyl halides is 3. The third-order valence-corrected chi connectivity index (χ3v) is 10.9. The van der Waals surface area contributed by atoms with Crippen molar-refractivity contribution in [2.45, 2.75) is 80.2 Å². The lowest BCUT2D eigenvalue weighted by Gasteiger charge is -2.46. The van der Waals surface area contributed by atoms with E-state index in [0.717, 1.165) is 0 Å². The summed E-state index contributed by atoms with van der Waals surface area (Å²) in [4.78, 5) is 55.0. The van der Waals surface area contributed by atoms with Crippen LogP contribution >= 0.6 is 34.8 Å². The van der Waals surface area contributed by atoms with E-state index in [1.54, 1.807) is 84.9 Å². The van der Waals surface area contributed by atoms with Gasteiger partial charge in [0.25, 0.3) is 3.79 Å². The summed E-state index contributed by atoms with van der Waals surface area (Å²) in [5.74, 6) is -4.55. The Morgan fingerprint density at radius 3 is 1.31 bits per heavy atom. The van der Waals surface area contributed by atoms with Crippen LogP contribution in [0.1, 0.15) is 68.6 Å². The largest absolute Gasteiger partial charge is 0.453 e. The minimum absolute atomic E-state index is 0.0588. The van der Waals surface area contributed by atoms with Crippen molar-refractivity contribution in [1.29, 1.82) is 5.41 Å². The van der Waals surface area contributed by atoms with Crippen LogP contribution in [0.4, 0.5) is 0 Å². The Labute approximate surface area is 367 Å². The van der Waals surface area contributed by atoms with E-state index in [9.17, 15) is 19.2 Å². The van der Waals surface area contributed by atoms with Crippen LogP contribution in [-0.4, -0.2) is 89.4 Å². The van der Waals surface area contributed by atoms with Crippen LogP contribution in [0.2, 0.25) is 0 Å². The molecule has 2 heterocycles. The van der Waals surface area contributed by atoms with Gasteiger partial charge in [-0.2, -0.15) is 0 Å². The first-order valence-corrected chi connectivity index (χ1v) is 20.7. The number of carbonyl (C=O) groups is 4. The van der Waals surface area contributed by atoms with Crippen molar-refractivity contribution >= 4 is 64.6 Å². The average Bonchev–Trinajstić information content (AvgIpc) is 3.27. The van der Waals surface area contributed by atoms with Gasteiger partial charge in [-0.25, -0.2) is 19.2 Å². The van der Waals surface area contributed by atoms with Crippen molar-refractivity contribution < 1.29 is 57.1 Å². The molecule has 10 atom stereocenters. The van der Waals surface area contributed by atoms with Gasteiger partial charge in [-0.1, -0.05) is 128 Å². The highest BCUT2D eigenvalue weighted by Crippen LogP contribution is 2.38. The summed E-state index contributed by atoms with van der Waals surface area (Å²) in [6, 6.07) is 32.2. The summed E-state index contributed by atoms with van der Waals surface area (Å²) in [6.45, 7) is 5.38. The number of benzene rings is 4. The third kappa shape index (κ3) is 11.5. The molecule has 4 aromatic rings. The molecule has 0 radical (unpaired) electrons. The highest BCUT2D eigenvalue weighted by atomic mass is 35.6. The van der Waals surface area contributed by atoms with Gasteiger partial charge < -0.3 is 37.9 Å². The number of halogens is 3. The van der Waals surface area contributed by atoms with Crippen molar-refractivity contribution in [2.24, 2.45) is 11.8 Å². The number of rotatable bonds is 13. The van der Waals surface area contributed by atoms with Crippen molar-refractivity contribution in [3.8, 4) is 0 Å². The first kappa shape index (κ1) is 45.5. The fraction of sp³-hybridized carbons (Fsp3) is 0.356. The quantitative estimate of drug-likeness (QED) is 0.0449. The Hall–Kier alpha value is -5.02. The molecule has 2 aliphatic rings. The first-order valence-electron chi connectivity index (χ1n) is 19.5. The Morgan fingerprint density at radius 2 is 0.902 bits per heavy atom. The maximum absolute atomic E-state index is 13.9. The van der Waals surface area contributed by atoms with Gasteiger partial charge in [-0.05, 0) is 60.9 Å². The van der Waals surface area contributed by atoms with Gasteiger partial charge in [-0.3, -0.25) is 5.41 Å². The normalized spacial score (nSPS) is 26.3. The standard InChI is InChI=1S/C45H44Cl3NO12/c1-4-32-26(2)27(3)34(57-38(50)28-17-9-5-10-18-28)42(55-32)54-25-33-35(58-39(51)29-19-11-6-12-20-29)36(59-40(52)30-21-13-7-14-22-30)37(43(56-33)61-44(49)45(46,47)48)60-41(53)31-23-15-8-16-24-31/h5-24,26-27,32-37,42-43,49H,4,25H2,1-3H3/t26-,27-,32+,33+,34+,35+,36-,37+,42+,43-/m0/s1. The number of esters is 4. The van der Waals surface area contributed by atoms with E-state index in [-0.39, 0.29) is 34.6 Å². The highest BCUT2D eigenvalue weighted by molar-refractivity contribution is 6.76. The van der Waals surface area contributed by atoms with E-state index in [1.165, 1.54) is 36.4 Å². The molecule has 13 nitrogen and oxygen atoms in total. The molecular weight excluding hydrogens is 853 g/mol. The lowest BCUT2D eigenvalue weighted by Crippen LogP contribution is -2.64. The molecule has 0 amide bonds. The zero-order chi connectivity index (χ0) is 43.7. The Morgan fingerprint density at radius 1 is 0.525 bits per heavy atom. The first-order chi connectivity index (χ1) is 29.2. The topological polar surface area (TPSA) is 166 Å². The average molecular weight is 897 g/mol. The van der Waals surface area contributed by atoms with Gasteiger partial charge in [0, 0.05) is 5.92 Å². The van der Waals surface area contributed by atoms with Crippen LogP contribution in [0.25, 0.3) is 0 Å². The second kappa shape index (κ2) is 20.7. The Bertz CT molecular complexity index is 2110. The van der Waals surface area contributed by atoms with Gasteiger partial charge in [0.1, 0.15) is 6.10 Å². The molecule has 0 bridgehead atoms. The van der Waals surface area contributed by atoms with Crippen molar-refractivity contribution in [3.05, 3.63) is 144 Å². The summed E-state index contributed by atoms with van der Waals surface area (Å²) in [5.41, 5.74) is 0.634. The number of ether oxygens (including phenoxy) is 8. The number of hydrogen-bond acceptors (Lipinski definition) is 13. The van der Waals surface area contributed by atoms with E-state index >= 15 is 0 Å². The minimum atomic E-state index is -2.43. The molecule has 4 aromatic carbocycles. The fourth-order valence-electron chi connectivity index (χ4n) is 6.97. The molecule has 0 unspecified atom stereocenters. The molecule has 1 N–H and O–H groups in total. The molecule has 2 aliphatic heterocycles.